The van der Waals surface area contributed by atoms with Crippen molar-refractivity contribution in [3.8, 4) is 39.8 Å². The Kier molecular flexibility index (Phi) is 8.42. The molecule has 0 bridgehead atoms. The average Bonchev–Trinajstić information content (AvgIpc) is 3.80. The summed E-state index contributed by atoms with van der Waals surface area (Å²) in [4.78, 5) is 34.1. The fourth-order valence-corrected chi connectivity index (χ4v) is 5.54. The molecule has 0 radical (unpaired) electrons. The zero-order chi connectivity index (χ0) is 33.9. The van der Waals surface area contributed by atoms with Crippen LogP contribution in [0.3, 0.4) is 0 Å². The zero-order valence-corrected chi connectivity index (χ0v) is 26.1. The van der Waals surface area contributed by atoms with E-state index in [0.29, 0.717) is 22.5 Å². The fourth-order valence-electron chi connectivity index (χ4n) is 5.54. The molecule has 2 N–H and O–H groups in total. The molecule has 1 amide bonds. The van der Waals surface area contributed by atoms with Crippen LogP contribution in [0.4, 0.5) is 14.5 Å². The number of benzene rings is 3. The van der Waals surface area contributed by atoms with Gasteiger partial charge in [0.2, 0.25) is 5.91 Å². The molecule has 0 spiro atoms. The molecule has 0 atom stereocenters. The van der Waals surface area contributed by atoms with Crippen molar-refractivity contribution in [3.63, 3.8) is 0 Å². The van der Waals surface area contributed by atoms with Crippen molar-refractivity contribution in [2.75, 3.05) is 11.9 Å². The van der Waals surface area contributed by atoms with Crippen molar-refractivity contribution in [2.24, 2.45) is 0 Å². The lowest BCUT2D eigenvalue weighted by Crippen LogP contribution is -2.26. The third-order valence-electron chi connectivity index (χ3n) is 7.79. The Balaban J connectivity index is 1.12. The van der Waals surface area contributed by atoms with E-state index in [-0.39, 0.29) is 35.8 Å². The Hall–Kier alpha value is -6.56. The van der Waals surface area contributed by atoms with Crippen LogP contribution in [-0.4, -0.2) is 36.8 Å². The minimum absolute atomic E-state index is 0.0631. The van der Waals surface area contributed by atoms with E-state index in [9.17, 15) is 14.0 Å². The van der Waals surface area contributed by atoms with Crippen molar-refractivity contribution in [2.45, 2.75) is 13.3 Å². The van der Waals surface area contributed by atoms with E-state index in [2.05, 4.69) is 20.4 Å². The molecule has 4 aromatic heterocycles. The Morgan fingerprint density at radius 1 is 0.898 bits per heavy atom. The van der Waals surface area contributed by atoms with Crippen LogP contribution in [0.25, 0.3) is 33.5 Å². The number of pyridine rings is 2. The van der Waals surface area contributed by atoms with Crippen molar-refractivity contribution in [1.82, 2.24) is 24.3 Å². The van der Waals surface area contributed by atoms with E-state index in [1.807, 2.05) is 42.7 Å². The maximum atomic E-state index is 15.5. The lowest BCUT2D eigenvalue weighted by molar-refractivity contribution is -0.115. The fraction of sp³-hybridized carbons (Fsp3) is 0.0811. The van der Waals surface area contributed by atoms with Crippen molar-refractivity contribution >= 4 is 22.6 Å². The molecule has 0 aliphatic heterocycles. The molecule has 10 nitrogen and oxygen atoms in total. The van der Waals surface area contributed by atoms with Gasteiger partial charge in [0.15, 0.2) is 11.6 Å². The highest BCUT2D eigenvalue weighted by Gasteiger charge is 2.19. The molecule has 3 aromatic carbocycles. The number of aromatic nitrogens is 5. The van der Waals surface area contributed by atoms with Crippen LogP contribution >= 0.6 is 0 Å². The average molecular weight is 659 g/mol. The predicted octanol–water partition coefficient (Wildman–Crippen LogP) is 7.22. The van der Waals surface area contributed by atoms with Crippen molar-refractivity contribution < 1.29 is 23.0 Å². The van der Waals surface area contributed by atoms with Crippen molar-refractivity contribution in [1.29, 1.82) is 0 Å². The second-order valence-electron chi connectivity index (χ2n) is 11.0. The van der Waals surface area contributed by atoms with Crippen LogP contribution in [0.1, 0.15) is 12.5 Å². The molecular weight excluding hydrogens is 630 g/mol. The number of ether oxygens (including phenoxy) is 2. The Labute approximate surface area is 278 Å². The normalized spacial score (nSPS) is 11.1. The summed E-state index contributed by atoms with van der Waals surface area (Å²) < 4.78 is 43.7. The van der Waals surface area contributed by atoms with Crippen LogP contribution in [0.15, 0.2) is 121 Å². The van der Waals surface area contributed by atoms with Gasteiger partial charge in [-0.1, -0.05) is 12.1 Å². The highest BCUT2D eigenvalue weighted by atomic mass is 19.1. The maximum Gasteiger partial charge on any atom is 0.262 e. The third kappa shape index (κ3) is 6.39. The largest absolute Gasteiger partial charge is 0.493 e. The SMILES string of the molecule is CCOc1ccn(-c2ccc(F)cc2)c(=O)c1CC(=O)Nc1ccc(Oc2ccnc3[nH]cc(-c4cccc(-n5cccn5)c4)c23)c(F)c1. The number of amides is 1. The molecule has 0 fully saturated rings. The number of rotatable bonds is 10. The number of nitrogens with one attached hydrogen (secondary N) is 2. The number of anilines is 1. The summed E-state index contributed by atoms with van der Waals surface area (Å²) in [5.74, 6) is -1.15. The van der Waals surface area contributed by atoms with Gasteiger partial charge in [-0.3, -0.25) is 14.2 Å². The van der Waals surface area contributed by atoms with Crippen LogP contribution in [0.2, 0.25) is 0 Å². The summed E-state index contributed by atoms with van der Waals surface area (Å²) in [6.45, 7) is 2.03. The number of hydrogen-bond acceptors (Lipinski definition) is 6. The molecular formula is C37H28F2N6O4. The van der Waals surface area contributed by atoms with Crippen LogP contribution < -0.4 is 20.3 Å². The molecule has 0 saturated heterocycles. The van der Waals surface area contributed by atoms with Gasteiger partial charge < -0.3 is 19.8 Å². The van der Waals surface area contributed by atoms with Crippen LogP contribution in [0, 0.1) is 11.6 Å². The molecule has 49 heavy (non-hydrogen) atoms. The lowest BCUT2D eigenvalue weighted by Gasteiger charge is -2.14. The summed E-state index contributed by atoms with van der Waals surface area (Å²) in [5, 5.41) is 7.62. The molecule has 0 aliphatic carbocycles. The monoisotopic (exact) mass is 658 g/mol. The summed E-state index contributed by atoms with van der Waals surface area (Å²) in [6.07, 6.45) is 8.10. The first-order valence-electron chi connectivity index (χ1n) is 15.3. The summed E-state index contributed by atoms with van der Waals surface area (Å²) in [6, 6.07) is 22.3. The summed E-state index contributed by atoms with van der Waals surface area (Å²) >= 11 is 0. The Morgan fingerprint density at radius 3 is 2.53 bits per heavy atom. The van der Waals surface area contributed by atoms with E-state index in [1.165, 1.54) is 47.2 Å². The van der Waals surface area contributed by atoms with Crippen LogP contribution in [-0.2, 0) is 11.2 Å². The molecule has 12 heteroatoms. The summed E-state index contributed by atoms with van der Waals surface area (Å²) in [5.41, 5.74) is 3.32. The minimum atomic E-state index is -0.714. The third-order valence-corrected chi connectivity index (χ3v) is 7.79. The first-order valence-corrected chi connectivity index (χ1v) is 15.3. The molecule has 4 heterocycles. The van der Waals surface area contributed by atoms with Gasteiger partial charge in [0.1, 0.15) is 23.0 Å². The number of H-pyrrole nitrogens is 1. The molecule has 0 saturated carbocycles. The topological polar surface area (TPSA) is 116 Å². The van der Waals surface area contributed by atoms with Gasteiger partial charge in [-0.15, -0.1) is 0 Å². The molecule has 7 rings (SSSR count). The predicted molar refractivity (Wildman–Crippen MR) is 181 cm³/mol. The second kappa shape index (κ2) is 13.3. The van der Waals surface area contributed by atoms with E-state index in [4.69, 9.17) is 9.47 Å². The first-order chi connectivity index (χ1) is 23.9. The number of hydrogen-bond donors (Lipinski definition) is 2. The standard InChI is InChI=1S/C37H28F2N6O4/c1-2-48-31-14-18-44(26-10-7-24(38)8-11-26)37(47)28(31)21-34(46)43-25-9-12-32(30(39)20-25)49-33-13-16-40-36-35(33)29(22-41-36)23-5-3-6-27(19-23)45-17-4-15-42-45/h3-20,22H,2,21H2,1H3,(H,40,41)(H,43,46). The highest BCUT2D eigenvalue weighted by molar-refractivity contribution is 5.98. The van der Waals surface area contributed by atoms with Gasteiger partial charge in [-0.05, 0) is 79.2 Å². The molecule has 0 aliphatic rings. The van der Waals surface area contributed by atoms with E-state index in [1.54, 1.807) is 36.1 Å². The second-order valence-corrected chi connectivity index (χ2v) is 11.0. The van der Waals surface area contributed by atoms with Gasteiger partial charge in [-0.2, -0.15) is 5.10 Å². The number of halogens is 2. The van der Waals surface area contributed by atoms with Crippen LogP contribution in [0.5, 0.6) is 17.2 Å². The number of nitrogens with zero attached hydrogens (tertiary/aromatic N) is 4. The van der Waals surface area contributed by atoms with Gasteiger partial charge in [-0.25, -0.2) is 18.4 Å². The van der Waals surface area contributed by atoms with Gasteiger partial charge in [0, 0.05) is 54.0 Å². The smallest absolute Gasteiger partial charge is 0.262 e. The molecule has 0 unspecified atom stereocenters. The molecule has 7 aromatic rings. The Bertz CT molecular complexity index is 2350. The van der Waals surface area contributed by atoms with Crippen molar-refractivity contribution in [3.05, 3.63) is 143 Å². The highest BCUT2D eigenvalue weighted by Crippen LogP contribution is 2.38. The quantitative estimate of drug-likeness (QED) is 0.160. The van der Waals surface area contributed by atoms with Gasteiger partial charge in [0.05, 0.1) is 29.7 Å². The Morgan fingerprint density at radius 2 is 1.76 bits per heavy atom. The van der Waals surface area contributed by atoms with E-state index in [0.717, 1.165) is 22.9 Å². The zero-order valence-electron chi connectivity index (χ0n) is 26.1. The number of carbonyl (C=O) groups excluding carboxylic acids is 1. The van der Waals surface area contributed by atoms with E-state index >= 15 is 4.39 Å². The number of carbonyl (C=O) groups is 1. The van der Waals surface area contributed by atoms with Gasteiger partial charge in [0.25, 0.3) is 5.56 Å². The maximum absolute atomic E-state index is 15.5. The summed E-state index contributed by atoms with van der Waals surface area (Å²) in [7, 11) is 0. The number of fused-ring (bicyclic) bond motifs is 1. The number of aromatic amines is 1. The van der Waals surface area contributed by atoms with Gasteiger partial charge >= 0.3 is 0 Å². The molecule has 244 valence electrons. The van der Waals surface area contributed by atoms with E-state index < -0.39 is 23.1 Å². The minimum Gasteiger partial charge on any atom is -0.493 e. The first kappa shape index (κ1) is 31.1. The lowest BCUT2D eigenvalue weighted by atomic mass is 10.0.